The quantitative estimate of drug-likeness (QED) is 0.640. The van der Waals surface area contributed by atoms with Crippen molar-refractivity contribution >= 4 is 11.6 Å². The number of nitrogens with zero attached hydrogens (tertiary/aromatic N) is 1. The Hall–Kier alpha value is -1.86. The van der Waals surface area contributed by atoms with E-state index in [0.717, 1.165) is 0 Å². The molecule has 2 N–H and O–H groups in total. The Labute approximate surface area is 117 Å². The van der Waals surface area contributed by atoms with Gasteiger partial charge in [-0.3, -0.25) is 4.79 Å². The maximum absolute atomic E-state index is 13.2. The number of piperidine rings is 1. The monoisotopic (exact) mass is 308 g/mol. The Morgan fingerprint density at radius 2 is 1.67 bits per heavy atom. The number of alkyl halides is 3. The first kappa shape index (κ1) is 15.5. The maximum Gasteiger partial charge on any atom is 0.391 e. The molecule has 0 unspecified atom stereocenters. The van der Waals surface area contributed by atoms with E-state index in [-0.39, 0.29) is 37.2 Å². The van der Waals surface area contributed by atoms with Crippen molar-refractivity contribution < 1.29 is 26.7 Å². The average Bonchev–Trinajstić information content (AvgIpc) is 2.41. The van der Waals surface area contributed by atoms with Gasteiger partial charge in [0, 0.05) is 24.8 Å². The van der Waals surface area contributed by atoms with E-state index in [1.807, 2.05) is 0 Å². The lowest BCUT2D eigenvalue weighted by Crippen LogP contribution is -2.42. The maximum atomic E-state index is 13.2. The van der Waals surface area contributed by atoms with Crippen LogP contribution in [0.5, 0.6) is 0 Å². The molecule has 1 aliphatic rings. The van der Waals surface area contributed by atoms with Crippen molar-refractivity contribution in [1.29, 1.82) is 0 Å². The summed E-state index contributed by atoms with van der Waals surface area (Å²) in [5, 5.41) is 0. The SMILES string of the molecule is Nc1cc(F)c(F)cc1C(=O)N1CCC(C(F)(F)F)CC1. The van der Waals surface area contributed by atoms with Crippen LogP contribution in [0, 0.1) is 17.6 Å². The molecular formula is C13H13F5N2O. The molecule has 1 aliphatic heterocycles. The zero-order valence-electron chi connectivity index (χ0n) is 10.9. The predicted octanol–water partition coefficient (Wildman–Crippen LogP) is 2.96. The summed E-state index contributed by atoms with van der Waals surface area (Å²) in [5.41, 5.74) is 4.98. The molecule has 0 bridgehead atoms. The van der Waals surface area contributed by atoms with Gasteiger partial charge in [0.1, 0.15) is 0 Å². The molecule has 0 aromatic heterocycles. The molecule has 0 atom stereocenters. The number of hydrogen-bond donors (Lipinski definition) is 1. The largest absolute Gasteiger partial charge is 0.398 e. The van der Waals surface area contributed by atoms with Crippen molar-refractivity contribution in [2.75, 3.05) is 18.8 Å². The van der Waals surface area contributed by atoms with Gasteiger partial charge in [0.15, 0.2) is 11.6 Å². The van der Waals surface area contributed by atoms with Crippen LogP contribution >= 0.6 is 0 Å². The number of halogens is 5. The number of nitrogens with two attached hydrogens (primary N) is 1. The normalized spacial score (nSPS) is 17.1. The lowest BCUT2D eigenvalue weighted by Gasteiger charge is -2.33. The third kappa shape index (κ3) is 3.25. The molecule has 21 heavy (non-hydrogen) atoms. The van der Waals surface area contributed by atoms with Crippen LogP contribution in [0.15, 0.2) is 12.1 Å². The first-order chi connectivity index (χ1) is 9.70. The van der Waals surface area contributed by atoms with E-state index in [2.05, 4.69) is 0 Å². The zero-order valence-corrected chi connectivity index (χ0v) is 10.9. The van der Waals surface area contributed by atoms with E-state index in [9.17, 15) is 26.7 Å². The molecule has 1 heterocycles. The van der Waals surface area contributed by atoms with Gasteiger partial charge in [-0.25, -0.2) is 8.78 Å². The van der Waals surface area contributed by atoms with E-state index < -0.39 is 29.6 Å². The van der Waals surface area contributed by atoms with Crippen LogP contribution in [0.4, 0.5) is 27.6 Å². The van der Waals surface area contributed by atoms with Gasteiger partial charge in [-0.05, 0) is 18.9 Å². The lowest BCUT2D eigenvalue weighted by atomic mass is 9.95. The van der Waals surface area contributed by atoms with Crippen LogP contribution in [0.3, 0.4) is 0 Å². The highest BCUT2D eigenvalue weighted by Crippen LogP contribution is 2.34. The molecule has 0 spiro atoms. The van der Waals surface area contributed by atoms with E-state index in [0.29, 0.717) is 12.1 Å². The Morgan fingerprint density at radius 3 is 2.19 bits per heavy atom. The summed E-state index contributed by atoms with van der Waals surface area (Å²) in [5.74, 6) is -4.53. The molecule has 0 radical (unpaired) electrons. The Morgan fingerprint density at radius 1 is 1.14 bits per heavy atom. The van der Waals surface area contributed by atoms with Gasteiger partial charge in [0.05, 0.1) is 11.5 Å². The molecule has 1 fully saturated rings. The van der Waals surface area contributed by atoms with Crippen molar-refractivity contribution in [2.45, 2.75) is 19.0 Å². The summed E-state index contributed by atoms with van der Waals surface area (Å²) in [6.07, 6.45) is -4.70. The van der Waals surface area contributed by atoms with Crippen molar-refractivity contribution in [2.24, 2.45) is 5.92 Å². The summed E-state index contributed by atoms with van der Waals surface area (Å²) in [6, 6.07) is 1.36. The van der Waals surface area contributed by atoms with Crippen LogP contribution in [0.2, 0.25) is 0 Å². The number of nitrogen functional groups attached to an aromatic ring is 1. The third-order valence-corrected chi connectivity index (χ3v) is 3.57. The van der Waals surface area contributed by atoms with Gasteiger partial charge in [0.25, 0.3) is 5.91 Å². The van der Waals surface area contributed by atoms with Gasteiger partial charge in [-0.15, -0.1) is 0 Å². The summed E-state index contributed by atoms with van der Waals surface area (Å²) in [7, 11) is 0. The van der Waals surface area contributed by atoms with E-state index >= 15 is 0 Å². The molecule has 0 saturated carbocycles. The lowest BCUT2D eigenvalue weighted by molar-refractivity contribution is -0.183. The highest BCUT2D eigenvalue weighted by molar-refractivity contribution is 5.99. The molecule has 1 amide bonds. The fourth-order valence-electron chi connectivity index (χ4n) is 2.33. The van der Waals surface area contributed by atoms with Crippen LogP contribution in [-0.2, 0) is 0 Å². The second-order valence-electron chi connectivity index (χ2n) is 4.96. The molecule has 2 rings (SSSR count). The second-order valence-corrected chi connectivity index (χ2v) is 4.96. The van der Waals surface area contributed by atoms with Crippen LogP contribution in [0.1, 0.15) is 23.2 Å². The summed E-state index contributed by atoms with van der Waals surface area (Å²) in [4.78, 5) is 13.3. The first-order valence-corrected chi connectivity index (χ1v) is 6.30. The average molecular weight is 308 g/mol. The van der Waals surface area contributed by atoms with Crippen molar-refractivity contribution in [3.8, 4) is 0 Å². The van der Waals surface area contributed by atoms with E-state index in [1.165, 1.54) is 4.90 Å². The number of carbonyl (C=O) groups excluding carboxylic acids is 1. The van der Waals surface area contributed by atoms with Crippen LogP contribution in [-0.4, -0.2) is 30.1 Å². The van der Waals surface area contributed by atoms with Crippen LogP contribution < -0.4 is 5.73 Å². The fourth-order valence-corrected chi connectivity index (χ4v) is 2.33. The van der Waals surface area contributed by atoms with Gasteiger partial charge < -0.3 is 10.6 Å². The minimum atomic E-state index is -4.28. The first-order valence-electron chi connectivity index (χ1n) is 6.30. The van der Waals surface area contributed by atoms with Crippen molar-refractivity contribution in [1.82, 2.24) is 4.90 Å². The third-order valence-electron chi connectivity index (χ3n) is 3.57. The van der Waals surface area contributed by atoms with E-state index in [1.54, 1.807) is 0 Å². The summed E-state index contributed by atoms with van der Waals surface area (Å²) in [6.45, 7) is -0.192. The number of rotatable bonds is 1. The smallest absolute Gasteiger partial charge is 0.391 e. The standard InChI is InChI=1S/C13H13F5N2O/c14-9-5-8(11(19)6-10(9)15)12(21)20-3-1-7(2-4-20)13(16,17)18/h5-7H,1-4,19H2. The molecule has 3 nitrogen and oxygen atoms in total. The van der Waals surface area contributed by atoms with Gasteiger partial charge in [0.2, 0.25) is 0 Å². The topological polar surface area (TPSA) is 46.3 Å². The zero-order chi connectivity index (χ0) is 15.8. The minimum absolute atomic E-state index is 0.0958. The molecule has 8 heteroatoms. The van der Waals surface area contributed by atoms with Gasteiger partial charge in [-0.2, -0.15) is 13.2 Å². The number of hydrogen-bond acceptors (Lipinski definition) is 2. The van der Waals surface area contributed by atoms with Crippen molar-refractivity contribution in [3.63, 3.8) is 0 Å². The number of amides is 1. The number of likely N-dealkylation sites (tertiary alicyclic amines) is 1. The number of benzene rings is 1. The highest BCUT2D eigenvalue weighted by atomic mass is 19.4. The van der Waals surface area contributed by atoms with Gasteiger partial charge >= 0.3 is 6.18 Å². The van der Waals surface area contributed by atoms with Crippen LogP contribution in [0.25, 0.3) is 0 Å². The molecular weight excluding hydrogens is 295 g/mol. The molecule has 1 saturated heterocycles. The van der Waals surface area contributed by atoms with Gasteiger partial charge in [-0.1, -0.05) is 0 Å². The predicted molar refractivity (Wildman–Crippen MR) is 65.5 cm³/mol. The molecule has 0 aliphatic carbocycles. The molecule has 116 valence electrons. The Bertz CT molecular complexity index is 550. The summed E-state index contributed by atoms with van der Waals surface area (Å²) < 4.78 is 63.7. The Kier molecular flexibility index (Phi) is 4.06. The van der Waals surface area contributed by atoms with E-state index in [4.69, 9.17) is 5.73 Å². The van der Waals surface area contributed by atoms with Crippen molar-refractivity contribution in [3.05, 3.63) is 29.3 Å². The molecule has 1 aromatic rings. The number of anilines is 1. The second kappa shape index (κ2) is 5.50. The number of carbonyl (C=O) groups is 1. The highest BCUT2D eigenvalue weighted by Gasteiger charge is 2.41. The summed E-state index contributed by atoms with van der Waals surface area (Å²) >= 11 is 0. The molecule has 1 aromatic carbocycles. The Balaban J connectivity index is 2.11. The minimum Gasteiger partial charge on any atom is -0.398 e. The fraction of sp³-hybridized carbons (Fsp3) is 0.462.